The minimum absolute atomic E-state index is 0.360. The number of nitrogens with one attached hydrogen (secondary N) is 2. The van der Waals surface area contributed by atoms with Crippen molar-refractivity contribution >= 4 is 17.9 Å². The van der Waals surface area contributed by atoms with Crippen LogP contribution in [0.25, 0.3) is 6.08 Å². The Bertz CT molecular complexity index is 1290. The van der Waals surface area contributed by atoms with Gasteiger partial charge in [-0.15, -0.1) is 0 Å². The summed E-state index contributed by atoms with van der Waals surface area (Å²) in [5.41, 5.74) is -4.29. The van der Waals surface area contributed by atoms with Gasteiger partial charge in [-0.1, -0.05) is 24.3 Å². The van der Waals surface area contributed by atoms with Crippen LogP contribution in [0.4, 0.5) is 43.9 Å². The van der Waals surface area contributed by atoms with Crippen molar-refractivity contribution < 1.29 is 53.5 Å². The van der Waals surface area contributed by atoms with Crippen LogP contribution in [0.1, 0.15) is 45.5 Å². The van der Waals surface area contributed by atoms with Crippen molar-refractivity contribution in [3.05, 3.63) is 76.1 Å². The third-order valence-electron chi connectivity index (χ3n) is 5.10. The van der Waals surface area contributed by atoms with E-state index >= 15 is 0 Å². The number of amides is 2. The molecule has 2 aromatic rings. The van der Waals surface area contributed by atoms with Crippen LogP contribution in [0, 0.1) is 17.1 Å². The molecule has 0 aliphatic heterocycles. The molecule has 2 aromatic carbocycles. The average molecular weight is 569 g/mol. The lowest BCUT2D eigenvalue weighted by molar-refractivity contribution is -0.139. The summed E-state index contributed by atoms with van der Waals surface area (Å²) >= 11 is 0. The molecule has 2 unspecified atom stereocenters. The second-order valence-electron chi connectivity index (χ2n) is 8.06. The van der Waals surface area contributed by atoms with E-state index < -0.39 is 82.5 Å². The molecular weight excluding hydrogens is 552 g/mol. The number of allylic oxidation sites excluding steroid dienone is 1. The molecule has 0 spiro atoms. The van der Waals surface area contributed by atoms with Crippen molar-refractivity contribution in [2.45, 2.75) is 37.4 Å². The minimum Gasteiger partial charge on any atom is -0.345 e. The predicted octanol–water partition coefficient (Wildman–Crippen LogP) is 5.87. The van der Waals surface area contributed by atoms with Gasteiger partial charge in [-0.25, -0.2) is 4.39 Å². The van der Waals surface area contributed by atoms with Crippen molar-refractivity contribution in [3.8, 4) is 6.07 Å². The van der Waals surface area contributed by atoms with Crippen LogP contribution in [-0.2, 0) is 11.0 Å². The van der Waals surface area contributed by atoms with Gasteiger partial charge in [-0.2, -0.15) is 44.8 Å². The van der Waals surface area contributed by atoms with Crippen molar-refractivity contribution in [3.63, 3.8) is 0 Å². The summed E-state index contributed by atoms with van der Waals surface area (Å²) in [6, 6.07) is 3.62. The Kier molecular flexibility index (Phi) is 9.38. The number of carbonyl (C=O) groups is 2. The summed E-state index contributed by atoms with van der Waals surface area (Å²) < 4.78 is 132. The number of hydrogen-bond donors (Lipinski definition) is 2. The number of carbonyl (C=O) groups excluding carboxylic acids is 2. The molecular formula is C24H17F10N3O2. The van der Waals surface area contributed by atoms with Gasteiger partial charge >= 0.3 is 18.5 Å². The van der Waals surface area contributed by atoms with Gasteiger partial charge in [-0.3, -0.25) is 9.59 Å². The molecule has 0 aromatic heterocycles. The second-order valence-corrected chi connectivity index (χ2v) is 8.06. The first-order valence-corrected chi connectivity index (χ1v) is 10.6. The normalized spacial score (nSPS) is 14.0. The average Bonchev–Trinajstić information content (AvgIpc) is 2.81. The van der Waals surface area contributed by atoms with Crippen molar-refractivity contribution in [2.24, 2.45) is 0 Å². The number of benzene rings is 2. The fourth-order valence-corrected chi connectivity index (χ4v) is 3.22. The number of nitrogens with zero attached hydrogens (tertiary/aromatic N) is 1. The smallest absolute Gasteiger partial charge is 0.345 e. The van der Waals surface area contributed by atoms with E-state index in [2.05, 4.69) is 0 Å². The molecule has 0 heterocycles. The predicted molar refractivity (Wildman–Crippen MR) is 116 cm³/mol. The van der Waals surface area contributed by atoms with E-state index in [4.69, 9.17) is 5.26 Å². The Morgan fingerprint density at radius 1 is 1.00 bits per heavy atom. The van der Waals surface area contributed by atoms with Crippen molar-refractivity contribution in [1.82, 2.24) is 10.6 Å². The molecule has 0 saturated carbocycles. The fraction of sp³-hybridized carbons (Fsp3) is 0.292. The molecule has 5 nitrogen and oxygen atoms in total. The van der Waals surface area contributed by atoms with Crippen LogP contribution in [0.2, 0.25) is 0 Å². The lowest BCUT2D eigenvalue weighted by Gasteiger charge is -2.19. The van der Waals surface area contributed by atoms with Crippen LogP contribution < -0.4 is 10.6 Å². The third-order valence-corrected chi connectivity index (χ3v) is 5.10. The van der Waals surface area contributed by atoms with Crippen LogP contribution in [0.5, 0.6) is 0 Å². The Morgan fingerprint density at radius 2 is 1.64 bits per heavy atom. The molecule has 0 fully saturated rings. The van der Waals surface area contributed by atoms with Gasteiger partial charge in [0.25, 0.3) is 5.91 Å². The molecule has 0 radical (unpaired) electrons. The van der Waals surface area contributed by atoms with Gasteiger partial charge in [0.1, 0.15) is 24.5 Å². The molecule has 0 aliphatic rings. The standard InChI is InChI=1S/C24H17F10N3O2/c1-12(20(38)36-11-22(26,27)28)37-21(39)16-5-2-13(8-18(16)24(32,33)34)3-6-17(23(29,30)31)14-4-7-19(25)15(9-14)10-35/h2-9,12,17H,11H2,1H3,(H,36,38)(H,37,39)/b6-3+. The zero-order valence-electron chi connectivity index (χ0n) is 19.5. The second kappa shape index (κ2) is 11.7. The molecule has 0 saturated heterocycles. The van der Waals surface area contributed by atoms with Gasteiger partial charge < -0.3 is 10.6 Å². The molecule has 0 aliphatic carbocycles. The van der Waals surface area contributed by atoms with Crippen molar-refractivity contribution in [1.29, 1.82) is 5.26 Å². The largest absolute Gasteiger partial charge is 0.417 e. The number of hydrogen-bond acceptors (Lipinski definition) is 3. The summed E-state index contributed by atoms with van der Waals surface area (Å²) in [5, 5.41) is 12.1. The highest BCUT2D eigenvalue weighted by Crippen LogP contribution is 2.38. The number of alkyl halides is 9. The molecule has 210 valence electrons. The highest BCUT2D eigenvalue weighted by atomic mass is 19.4. The molecule has 2 atom stereocenters. The van der Waals surface area contributed by atoms with E-state index in [0.717, 1.165) is 19.1 Å². The van der Waals surface area contributed by atoms with Crippen LogP contribution in [-0.4, -0.2) is 36.8 Å². The van der Waals surface area contributed by atoms with E-state index in [-0.39, 0.29) is 0 Å². The van der Waals surface area contributed by atoms with Gasteiger partial charge in [0, 0.05) is 0 Å². The number of halogens is 10. The maximum atomic E-state index is 13.7. The molecule has 15 heteroatoms. The maximum absolute atomic E-state index is 13.7. The summed E-state index contributed by atoms with van der Waals surface area (Å²) in [5.74, 6) is -6.30. The van der Waals surface area contributed by atoms with Crippen LogP contribution in [0.15, 0.2) is 42.5 Å². The van der Waals surface area contributed by atoms with Gasteiger partial charge in [-0.05, 0) is 42.3 Å². The fourth-order valence-electron chi connectivity index (χ4n) is 3.22. The zero-order chi connectivity index (χ0) is 29.8. The maximum Gasteiger partial charge on any atom is 0.417 e. The summed E-state index contributed by atoms with van der Waals surface area (Å²) in [6.07, 6.45) is -13.8. The highest BCUT2D eigenvalue weighted by Gasteiger charge is 2.40. The van der Waals surface area contributed by atoms with E-state index in [1.165, 1.54) is 11.4 Å². The highest BCUT2D eigenvalue weighted by molar-refractivity contribution is 5.99. The topological polar surface area (TPSA) is 82.0 Å². The molecule has 2 rings (SSSR count). The summed E-state index contributed by atoms with van der Waals surface area (Å²) in [4.78, 5) is 24.1. The molecule has 2 amide bonds. The van der Waals surface area contributed by atoms with E-state index in [1.54, 1.807) is 0 Å². The molecule has 39 heavy (non-hydrogen) atoms. The lowest BCUT2D eigenvalue weighted by atomic mass is 9.94. The minimum atomic E-state index is -5.19. The first-order chi connectivity index (χ1) is 17.8. The molecule has 0 bridgehead atoms. The first kappa shape index (κ1) is 31.1. The van der Waals surface area contributed by atoms with Gasteiger partial charge in [0.05, 0.1) is 22.6 Å². The van der Waals surface area contributed by atoms with Crippen molar-refractivity contribution in [2.75, 3.05) is 6.54 Å². The van der Waals surface area contributed by atoms with E-state index in [9.17, 15) is 53.5 Å². The Hall–Kier alpha value is -4.09. The quantitative estimate of drug-likeness (QED) is 0.410. The lowest BCUT2D eigenvalue weighted by Crippen LogP contribution is -2.47. The SMILES string of the molecule is CC(NC(=O)c1ccc(/C=C/C(c2ccc(F)c(C#N)c2)C(F)(F)F)cc1C(F)(F)F)C(=O)NCC(F)(F)F. The van der Waals surface area contributed by atoms with Gasteiger partial charge in [0.15, 0.2) is 0 Å². The van der Waals surface area contributed by atoms with E-state index in [0.29, 0.717) is 36.4 Å². The zero-order valence-corrected chi connectivity index (χ0v) is 19.5. The molecule has 2 N–H and O–H groups in total. The van der Waals surface area contributed by atoms with E-state index in [1.807, 2.05) is 5.32 Å². The Labute approximate surface area is 214 Å². The number of nitriles is 1. The third kappa shape index (κ3) is 8.72. The Morgan fingerprint density at radius 3 is 2.18 bits per heavy atom. The number of rotatable bonds is 7. The van der Waals surface area contributed by atoms with Crippen LogP contribution in [0.3, 0.4) is 0 Å². The first-order valence-electron chi connectivity index (χ1n) is 10.6. The van der Waals surface area contributed by atoms with Gasteiger partial charge in [0.2, 0.25) is 5.91 Å². The van der Waals surface area contributed by atoms with Crippen LogP contribution >= 0.6 is 0 Å². The monoisotopic (exact) mass is 569 g/mol. The summed E-state index contributed by atoms with van der Waals surface area (Å²) in [7, 11) is 0. The summed E-state index contributed by atoms with van der Waals surface area (Å²) in [6.45, 7) is -0.812. The Balaban J connectivity index is 2.37.